The van der Waals surface area contributed by atoms with E-state index >= 15 is 0 Å². The summed E-state index contributed by atoms with van der Waals surface area (Å²) in [6.07, 6.45) is 0.424. The van der Waals surface area contributed by atoms with E-state index in [2.05, 4.69) is 5.32 Å². The minimum Gasteiger partial charge on any atom is -0.396 e. The highest BCUT2D eigenvalue weighted by molar-refractivity contribution is 8.15. The number of carbonyl (C=O) groups excluding carboxylic acids is 3. The highest BCUT2D eigenvalue weighted by Crippen LogP contribution is 2.34. The second kappa shape index (κ2) is 7.61. The molecule has 2 N–H and O–H groups in total. The number of aliphatic hydroxyl groups excluding tert-OH is 1. The number of benzene rings is 1. The van der Waals surface area contributed by atoms with Crippen molar-refractivity contribution in [1.82, 2.24) is 5.32 Å². The number of aryl methyl sites for hydroxylation is 2. The molecule has 1 aliphatic rings. The lowest BCUT2D eigenvalue weighted by molar-refractivity contribution is -0.124. The van der Waals surface area contributed by atoms with Gasteiger partial charge in [-0.3, -0.25) is 14.4 Å². The van der Waals surface area contributed by atoms with E-state index in [1.54, 1.807) is 12.1 Å². The number of rotatable bonds is 6. The Balaban J connectivity index is 2.04. The van der Waals surface area contributed by atoms with Crippen LogP contribution in [-0.2, 0) is 9.59 Å². The number of anilines is 1. The van der Waals surface area contributed by atoms with Gasteiger partial charge < -0.3 is 10.4 Å². The van der Waals surface area contributed by atoms with Gasteiger partial charge in [0, 0.05) is 19.6 Å². The molecular formula is C16H20N2O4S. The van der Waals surface area contributed by atoms with Crippen molar-refractivity contribution in [2.45, 2.75) is 31.9 Å². The Morgan fingerprint density at radius 3 is 2.70 bits per heavy atom. The predicted molar refractivity (Wildman–Crippen MR) is 89.5 cm³/mol. The van der Waals surface area contributed by atoms with Gasteiger partial charge in [-0.1, -0.05) is 6.07 Å². The Labute approximate surface area is 139 Å². The van der Waals surface area contributed by atoms with E-state index in [1.807, 2.05) is 19.9 Å². The maximum Gasteiger partial charge on any atom is 0.293 e. The molecule has 23 heavy (non-hydrogen) atoms. The van der Waals surface area contributed by atoms with Crippen LogP contribution in [0.25, 0.3) is 0 Å². The highest BCUT2D eigenvalue weighted by Gasteiger charge is 2.41. The molecule has 1 saturated heterocycles. The number of hydrogen-bond donors (Lipinski definition) is 2. The van der Waals surface area contributed by atoms with Gasteiger partial charge in [0.15, 0.2) is 0 Å². The lowest BCUT2D eigenvalue weighted by atomic mass is 10.1. The lowest BCUT2D eigenvalue weighted by Gasteiger charge is -2.15. The fourth-order valence-corrected chi connectivity index (χ4v) is 3.22. The largest absolute Gasteiger partial charge is 0.396 e. The zero-order valence-electron chi connectivity index (χ0n) is 13.2. The molecule has 1 unspecified atom stereocenters. The molecule has 1 heterocycles. The van der Waals surface area contributed by atoms with E-state index in [1.165, 1.54) is 0 Å². The zero-order valence-corrected chi connectivity index (χ0v) is 14.0. The minimum atomic E-state index is -0.696. The van der Waals surface area contributed by atoms with Crippen molar-refractivity contribution in [3.8, 4) is 0 Å². The summed E-state index contributed by atoms with van der Waals surface area (Å²) >= 11 is 0.881. The van der Waals surface area contributed by atoms with Crippen LogP contribution >= 0.6 is 11.8 Å². The summed E-state index contributed by atoms with van der Waals surface area (Å²) in [4.78, 5) is 37.5. The molecule has 0 bridgehead atoms. The lowest BCUT2D eigenvalue weighted by Crippen LogP contribution is -2.34. The smallest absolute Gasteiger partial charge is 0.293 e. The highest BCUT2D eigenvalue weighted by atomic mass is 32.2. The van der Waals surface area contributed by atoms with Gasteiger partial charge in [0.25, 0.3) is 5.24 Å². The normalized spacial score (nSPS) is 17.7. The third-order valence-electron chi connectivity index (χ3n) is 3.70. The van der Waals surface area contributed by atoms with Gasteiger partial charge in [-0.2, -0.15) is 0 Å². The number of thioether (sulfide) groups is 1. The Morgan fingerprint density at radius 2 is 2.04 bits per heavy atom. The van der Waals surface area contributed by atoms with Crippen molar-refractivity contribution in [1.29, 1.82) is 0 Å². The molecule has 124 valence electrons. The summed E-state index contributed by atoms with van der Waals surface area (Å²) in [5.74, 6) is -0.653. The van der Waals surface area contributed by atoms with Crippen LogP contribution in [-0.4, -0.2) is 40.6 Å². The maximum absolute atomic E-state index is 12.4. The first-order valence-corrected chi connectivity index (χ1v) is 8.31. The van der Waals surface area contributed by atoms with Gasteiger partial charge in [-0.05, 0) is 55.3 Å². The summed E-state index contributed by atoms with van der Waals surface area (Å²) in [5.41, 5.74) is 2.62. The maximum atomic E-state index is 12.4. The number of imide groups is 1. The first-order valence-electron chi connectivity index (χ1n) is 7.43. The SMILES string of the molecule is Cc1ccc(N2C(=O)SC(CC(=O)NCCCO)C2=O)cc1C. The average Bonchev–Trinajstić information content (AvgIpc) is 2.77. The molecular weight excluding hydrogens is 316 g/mol. The molecule has 1 aromatic carbocycles. The Bertz CT molecular complexity index is 633. The number of aliphatic hydroxyl groups is 1. The molecule has 0 spiro atoms. The number of hydrogen-bond acceptors (Lipinski definition) is 5. The summed E-state index contributed by atoms with van der Waals surface area (Å²) < 4.78 is 0. The molecule has 2 rings (SSSR count). The molecule has 7 heteroatoms. The first-order chi connectivity index (χ1) is 10.9. The van der Waals surface area contributed by atoms with Gasteiger partial charge in [0.2, 0.25) is 11.8 Å². The van der Waals surface area contributed by atoms with E-state index in [0.717, 1.165) is 27.8 Å². The summed E-state index contributed by atoms with van der Waals surface area (Å²) in [6.45, 7) is 4.23. The third-order valence-corrected chi connectivity index (χ3v) is 4.74. The molecule has 0 saturated carbocycles. The van der Waals surface area contributed by atoms with Crippen molar-refractivity contribution >= 4 is 34.5 Å². The van der Waals surface area contributed by atoms with E-state index < -0.39 is 5.25 Å². The monoisotopic (exact) mass is 336 g/mol. The molecule has 0 aromatic heterocycles. The van der Waals surface area contributed by atoms with Gasteiger partial charge in [-0.15, -0.1) is 0 Å². The molecule has 1 atom stereocenters. The summed E-state index contributed by atoms with van der Waals surface area (Å²) in [6, 6.07) is 5.41. The summed E-state index contributed by atoms with van der Waals surface area (Å²) in [7, 11) is 0. The van der Waals surface area contributed by atoms with Crippen LogP contribution in [0.4, 0.5) is 10.5 Å². The van der Waals surface area contributed by atoms with Crippen LogP contribution in [0.1, 0.15) is 24.0 Å². The van der Waals surface area contributed by atoms with Crippen molar-refractivity contribution in [2.24, 2.45) is 0 Å². The molecule has 1 aliphatic heterocycles. The zero-order chi connectivity index (χ0) is 17.0. The van der Waals surface area contributed by atoms with Crippen LogP contribution in [0, 0.1) is 13.8 Å². The second-order valence-electron chi connectivity index (χ2n) is 5.45. The predicted octanol–water partition coefficient (Wildman–Crippen LogP) is 1.76. The van der Waals surface area contributed by atoms with Crippen LogP contribution < -0.4 is 10.2 Å². The van der Waals surface area contributed by atoms with Crippen LogP contribution in [0.15, 0.2) is 18.2 Å². The Hall–Kier alpha value is -1.86. The summed E-state index contributed by atoms with van der Waals surface area (Å²) in [5, 5.41) is 10.3. The van der Waals surface area contributed by atoms with E-state index in [4.69, 9.17) is 5.11 Å². The molecule has 0 aliphatic carbocycles. The molecule has 6 nitrogen and oxygen atoms in total. The number of carbonyl (C=O) groups is 3. The van der Waals surface area contributed by atoms with Crippen molar-refractivity contribution < 1.29 is 19.5 Å². The van der Waals surface area contributed by atoms with Crippen molar-refractivity contribution in [3.63, 3.8) is 0 Å². The molecule has 1 aromatic rings. The fraction of sp³-hybridized carbons (Fsp3) is 0.438. The van der Waals surface area contributed by atoms with Crippen LogP contribution in [0.3, 0.4) is 0 Å². The van der Waals surface area contributed by atoms with Gasteiger partial charge in [0.05, 0.1) is 5.69 Å². The molecule has 3 amide bonds. The number of amides is 3. The Morgan fingerprint density at radius 1 is 1.30 bits per heavy atom. The van der Waals surface area contributed by atoms with Crippen LogP contribution in [0.2, 0.25) is 0 Å². The Kier molecular flexibility index (Phi) is 5.79. The van der Waals surface area contributed by atoms with E-state index in [0.29, 0.717) is 18.7 Å². The topological polar surface area (TPSA) is 86.7 Å². The van der Waals surface area contributed by atoms with Crippen molar-refractivity contribution in [2.75, 3.05) is 18.1 Å². The average molecular weight is 336 g/mol. The van der Waals surface area contributed by atoms with E-state index in [-0.39, 0.29) is 30.1 Å². The molecule has 1 fully saturated rings. The quantitative estimate of drug-likeness (QED) is 0.773. The first kappa shape index (κ1) is 17.5. The van der Waals surface area contributed by atoms with Gasteiger partial charge in [-0.25, -0.2) is 4.90 Å². The van der Waals surface area contributed by atoms with Crippen LogP contribution in [0.5, 0.6) is 0 Å². The van der Waals surface area contributed by atoms with Gasteiger partial charge in [0.1, 0.15) is 5.25 Å². The van der Waals surface area contributed by atoms with Gasteiger partial charge >= 0.3 is 0 Å². The standard InChI is InChI=1S/C16H20N2O4S/c1-10-4-5-12(8-11(10)2)18-15(21)13(23-16(18)22)9-14(20)17-6-3-7-19/h4-5,8,13,19H,3,6-7,9H2,1-2H3,(H,17,20). The van der Waals surface area contributed by atoms with E-state index in [9.17, 15) is 14.4 Å². The number of nitrogens with one attached hydrogen (secondary N) is 1. The second-order valence-corrected chi connectivity index (χ2v) is 6.60. The van der Waals surface area contributed by atoms with Crippen molar-refractivity contribution in [3.05, 3.63) is 29.3 Å². The number of nitrogens with zero attached hydrogens (tertiary/aromatic N) is 1. The fourth-order valence-electron chi connectivity index (χ4n) is 2.23. The third kappa shape index (κ3) is 4.11. The molecule has 0 radical (unpaired) electrons. The minimum absolute atomic E-state index is 0.00354.